The second-order valence-corrected chi connectivity index (χ2v) is 9.75. The van der Waals surface area contributed by atoms with Crippen molar-refractivity contribution in [2.24, 2.45) is 5.92 Å². The van der Waals surface area contributed by atoms with Gasteiger partial charge >= 0.3 is 0 Å². The van der Waals surface area contributed by atoms with Gasteiger partial charge in [-0.15, -0.1) is 0 Å². The van der Waals surface area contributed by atoms with Crippen molar-refractivity contribution in [3.05, 3.63) is 65.7 Å². The van der Waals surface area contributed by atoms with Crippen molar-refractivity contribution in [3.8, 4) is 0 Å². The van der Waals surface area contributed by atoms with Gasteiger partial charge in [0.1, 0.15) is 0 Å². The number of hydrogen-bond acceptors (Lipinski definition) is 4. The Kier molecular flexibility index (Phi) is 9.36. The van der Waals surface area contributed by atoms with Gasteiger partial charge in [-0.05, 0) is 62.3 Å². The maximum atomic E-state index is 13.0. The third-order valence-corrected chi connectivity index (χ3v) is 7.19. The Morgan fingerprint density at radius 2 is 1.72 bits per heavy atom. The number of para-hydroxylation sites is 1. The lowest BCUT2D eigenvalue weighted by Crippen LogP contribution is -2.36. The first kappa shape index (κ1) is 25.7. The third kappa shape index (κ3) is 7.09. The quantitative estimate of drug-likeness (QED) is 0.608. The Morgan fingerprint density at radius 1 is 0.917 bits per heavy atom. The Hall–Kier alpha value is -3.35. The van der Waals surface area contributed by atoms with E-state index in [1.54, 1.807) is 17.0 Å². The van der Waals surface area contributed by atoms with Gasteiger partial charge in [0, 0.05) is 62.9 Å². The number of anilines is 1. The summed E-state index contributed by atoms with van der Waals surface area (Å²) in [7, 11) is 0. The lowest BCUT2D eigenvalue weighted by atomic mass is 9.98. The molecule has 0 spiro atoms. The van der Waals surface area contributed by atoms with Gasteiger partial charge in [-0.2, -0.15) is 0 Å². The molecule has 2 N–H and O–H groups in total. The van der Waals surface area contributed by atoms with Crippen molar-refractivity contribution in [2.45, 2.75) is 44.9 Å². The molecule has 36 heavy (non-hydrogen) atoms. The molecule has 1 atom stereocenters. The van der Waals surface area contributed by atoms with Gasteiger partial charge in [0.05, 0.1) is 0 Å². The highest BCUT2D eigenvalue weighted by Gasteiger charge is 2.23. The molecule has 0 aliphatic carbocycles. The van der Waals surface area contributed by atoms with E-state index < -0.39 is 0 Å². The standard InChI is InChI=1S/C29H38N4O3/c34-27-16-22-33(29(36)25-10-2-1-3-11-25)20-7-13-24(15-18-30-27)28(35)31-17-8-21-32-19-6-12-23-9-4-5-14-26(23)32/h1-5,9-11,14,24H,6-8,12-13,15-22H2,(H,30,34)(H,31,35). The first-order valence-electron chi connectivity index (χ1n) is 13.3. The van der Waals surface area contributed by atoms with Crippen LogP contribution in [0.2, 0.25) is 0 Å². The highest BCUT2D eigenvalue weighted by molar-refractivity contribution is 5.94. The number of amides is 3. The zero-order valence-corrected chi connectivity index (χ0v) is 21.1. The molecule has 1 fully saturated rings. The van der Waals surface area contributed by atoms with Crippen LogP contribution in [0.5, 0.6) is 0 Å². The molecule has 0 aromatic heterocycles. The predicted octanol–water partition coefficient (Wildman–Crippen LogP) is 3.39. The van der Waals surface area contributed by atoms with Crippen molar-refractivity contribution >= 4 is 23.4 Å². The number of benzene rings is 2. The summed E-state index contributed by atoms with van der Waals surface area (Å²) in [5.74, 6) is -0.275. The van der Waals surface area contributed by atoms with E-state index in [4.69, 9.17) is 0 Å². The summed E-state index contributed by atoms with van der Waals surface area (Å²) in [5, 5.41) is 6.05. The first-order valence-corrected chi connectivity index (χ1v) is 13.3. The van der Waals surface area contributed by atoms with Gasteiger partial charge in [0.25, 0.3) is 5.91 Å². The zero-order valence-electron chi connectivity index (χ0n) is 21.1. The molecule has 0 radical (unpaired) electrons. The van der Waals surface area contributed by atoms with Gasteiger partial charge < -0.3 is 20.4 Å². The van der Waals surface area contributed by atoms with Crippen molar-refractivity contribution in [1.29, 1.82) is 0 Å². The molecule has 0 bridgehead atoms. The molecular weight excluding hydrogens is 452 g/mol. The minimum Gasteiger partial charge on any atom is -0.371 e. The third-order valence-electron chi connectivity index (χ3n) is 7.19. The summed E-state index contributed by atoms with van der Waals surface area (Å²) in [6.07, 6.45) is 5.51. The molecule has 4 rings (SSSR count). The molecule has 192 valence electrons. The molecule has 7 nitrogen and oxygen atoms in total. The highest BCUT2D eigenvalue weighted by Crippen LogP contribution is 2.26. The van der Waals surface area contributed by atoms with E-state index in [1.165, 1.54) is 17.7 Å². The fourth-order valence-corrected chi connectivity index (χ4v) is 5.19. The largest absolute Gasteiger partial charge is 0.371 e. The SMILES string of the molecule is O=C1CCN(C(=O)c2ccccc2)CCCC(C(=O)NCCCN2CCCc3ccccc32)CCN1. The number of carbonyl (C=O) groups is 3. The van der Waals surface area contributed by atoms with Gasteiger partial charge in [0.2, 0.25) is 11.8 Å². The summed E-state index contributed by atoms with van der Waals surface area (Å²) in [4.78, 5) is 42.4. The molecule has 2 aliphatic heterocycles. The molecular formula is C29H38N4O3. The van der Waals surface area contributed by atoms with E-state index in [1.807, 2.05) is 18.2 Å². The van der Waals surface area contributed by atoms with Crippen LogP contribution in [0.15, 0.2) is 54.6 Å². The minimum atomic E-state index is -0.173. The number of aryl methyl sites for hydroxylation is 1. The summed E-state index contributed by atoms with van der Waals surface area (Å²) in [5.41, 5.74) is 3.36. The summed E-state index contributed by atoms with van der Waals surface area (Å²) >= 11 is 0. The Labute approximate surface area is 214 Å². The second kappa shape index (κ2) is 13.1. The van der Waals surface area contributed by atoms with E-state index >= 15 is 0 Å². The fourth-order valence-electron chi connectivity index (χ4n) is 5.19. The predicted molar refractivity (Wildman–Crippen MR) is 142 cm³/mol. The van der Waals surface area contributed by atoms with Crippen LogP contribution in [0.1, 0.15) is 54.4 Å². The number of hydrogen-bond donors (Lipinski definition) is 2. The molecule has 3 amide bonds. The number of nitrogens with zero attached hydrogens (tertiary/aromatic N) is 2. The van der Waals surface area contributed by atoms with E-state index in [2.05, 4.69) is 39.8 Å². The van der Waals surface area contributed by atoms with Gasteiger partial charge in [0.15, 0.2) is 0 Å². The molecule has 2 aromatic carbocycles. The van der Waals surface area contributed by atoms with Crippen molar-refractivity contribution in [2.75, 3.05) is 44.2 Å². The fraction of sp³-hybridized carbons (Fsp3) is 0.483. The summed E-state index contributed by atoms with van der Waals surface area (Å²) < 4.78 is 0. The Balaban J connectivity index is 1.27. The van der Waals surface area contributed by atoms with Crippen molar-refractivity contribution in [1.82, 2.24) is 15.5 Å². The lowest BCUT2D eigenvalue weighted by Gasteiger charge is -2.31. The van der Waals surface area contributed by atoms with Crippen LogP contribution in [0.4, 0.5) is 5.69 Å². The minimum absolute atomic E-state index is 0.0449. The van der Waals surface area contributed by atoms with Crippen LogP contribution in [0, 0.1) is 5.92 Å². The Bertz CT molecular complexity index is 1030. The average molecular weight is 491 g/mol. The van der Waals surface area contributed by atoms with Crippen LogP contribution in [0.3, 0.4) is 0 Å². The molecule has 1 saturated heterocycles. The topological polar surface area (TPSA) is 81.8 Å². The van der Waals surface area contributed by atoms with Crippen LogP contribution in [-0.2, 0) is 16.0 Å². The molecule has 2 aliphatic rings. The molecule has 2 heterocycles. The van der Waals surface area contributed by atoms with Crippen molar-refractivity contribution in [3.63, 3.8) is 0 Å². The van der Waals surface area contributed by atoms with E-state index in [9.17, 15) is 14.4 Å². The highest BCUT2D eigenvalue weighted by atomic mass is 16.2. The van der Waals surface area contributed by atoms with Gasteiger partial charge in [-0.3, -0.25) is 14.4 Å². The number of nitrogens with one attached hydrogen (secondary N) is 2. The molecule has 7 heteroatoms. The zero-order chi connectivity index (χ0) is 25.2. The summed E-state index contributed by atoms with van der Waals surface area (Å²) in [6, 6.07) is 17.8. The number of rotatable bonds is 6. The van der Waals surface area contributed by atoms with Crippen LogP contribution < -0.4 is 15.5 Å². The Morgan fingerprint density at radius 3 is 2.58 bits per heavy atom. The summed E-state index contributed by atoms with van der Waals surface area (Å²) in [6.45, 7) is 4.03. The molecule has 2 aromatic rings. The molecule has 0 saturated carbocycles. The van der Waals surface area contributed by atoms with Crippen LogP contribution in [-0.4, -0.2) is 61.9 Å². The van der Waals surface area contributed by atoms with E-state index in [0.29, 0.717) is 44.6 Å². The number of fused-ring (bicyclic) bond motifs is 1. The van der Waals surface area contributed by atoms with Gasteiger partial charge in [-0.1, -0.05) is 36.4 Å². The van der Waals surface area contributed by atoms with Gasteiger partial charge in [-0.25, -0.2) is 0 Å². The van der Waals surface area contributed by atoms with Crippen LogP contribution in [0.25, 0.3) is 0 Å². The smallest absolute Gasteiger partial charge is 0.253 e. The normalized spacial score (nSPS) is 19.0. The number of carbonyl (C=O) groups excluding carboxylic acids is 3. The van der Waals surface area contributed by atoms with Crippen LogP contribution >= 0.6 is 0 Å². The lowest BCUT2D eigenvalue weighted by molar-refractivity contribution is -0.126. The second-order valence-electron chi connectivity index (χ2n) is 9.75. The van der Waals surface area contributed by atoms with E-state index in [-0.39, 0.29) is 30.1 Å². The first-order chi connectivity index (χ1) is 17.6. The monoisotopic (exact) mass is 490 g/mol. The maximum absolute atomic E-state index is 13.0. The average Bonchev–Trinajstić information content (AvgIpc) is 2.96. The maximum Gasteiger partial charge on any atom is 0.253 e. The van der Waals surface area contributed by atoms with E-state index in [0.717, 1.165) is 32.4 Å². The molecule has 1 unspecified atom stereocenters. The van der Waals surface area contributed by atoms with Crippen molar-refractivity contribution < 1.29 is 14.4 Å².